The van der Waals surface area contributed by atoms with Crippen LogP contribution in [0.25, 0.3) is 0 Å². The highest BCUT2D eigenvalue weighted by atomic mass is 19.4. The Morgan fingerprint density at radius 2 is 1.26 bits per heavy atom. The molecular formula is C13H5F8NO. The Morgan fingerprint density at radius 3 is 1.65 bits per heavy atom. The van der Waals surface area contributed by atoms with E-state index in [1.807, 2.05) is 0 Å². The number of hydrogen-bond acceptors (Lipinski definition) is 2. The van der Waals surface area contributed by atoms with Crippen molar-refractivity contribution < 1.29 is 40.2 Å². The maximum absolute atomic E-state index is 13.7. The predicted molar refractivity (Wildman–Crippen MR) is 59.5 cm³/mol. The van der Waals surface area contributed by atoms with Gasteiger partial charge in [-0.2, -0.15) is 13.2 Å². The molecule has 0 aliphatic rings. The van der Waals surface area contributed by atoms with E-state index in [1.165, 1.54) is 0 Å². The largest absolute Gasteiger partial charge is 0.427 e. The van der Waals surface area contributed by atoms with E-state index in [2.05, 4.69) is 4.98 Å². The maximum Gasteiger partial charge on any atom is 0.427 e. The van der Waals surface area contributed by atoms with E-state index in [4.69, 9.17) is 0 Å². The fraction of sp³-hybridized carbons (Fsp3) is 0.154. The highest BCUT2D eigenvalue weighted by Gasteiger charge is 2.61. The first-order chi connectivity index (χ1) is 10.5. The first-order valence-corrected chi connectivity index (χ1v) is 5.76. The van der Waals surface area contributed by atoms with Crippen LogP contribution in [0.2, 0.25) is 0 Å². The first kappa shape index (κ1) is 17.1. The molecule has 0 fully saturated rings. The van der Waals surface area contributed by atoms with E-state index in [-0.39, 0.29) is 0 Å². The minimum absolute atomic E-state index is 0.533. The fourth-order valence-corrected chi connectivity index (χ4v) is 1.91. The molecule has 0 amide bonds. The van der Waals surface area contributed by atoms with Crippen LogP contribution in [0.1, 0.15) is 11.3 Å². The number of rotatable bonds is 2. The summed E-state index contributed by atoms with van der Waals surface area (Å²) in [4.78, 5) is 3.12. The van der Waals surface area contributed by atoms with Crippen LogP contribution in [0.3, 0.4) is 0 Å². The molecule has 10 heteroatoms. The summed E-state index contributed by atoms with van der Waals surface area (Å²) < 4.78 is 106. The van der Waals surface area contributed by atoms with Crippen molar-refractivity contribution in [1.29, 1.82) is 0 Å². The van der Waals surface area contributed by atoms with Crippen LogP contribution in [0.5, 0.6) is 0 Å². The smallest absolute Gasteiger partial charge is 0.371 e. The van der Waals surface area contributed by atoms with Crippen molar-refractivity contribution >= 4 is 0 Å². The lowest BCUT2D eigenvalue weighted by Crippen LogP contribution is -2.46. The molecule has 2 nitrogen and oxygen atoms in total. The number of benzene rings is 1. The number of hydrogen-bond donors (Lipinski definition) is 1. The molecule has 1 aromatic heterocycles. The Bertz CT molecular complexity index is 717. The average molecular weight is 343 g/mol. The quantitative estimate of drug-likeness (QED) is 0.514. The van der Waals surface area contributed by atoms with E-state index in [9.17, 15) is 40.2 Å². The Hall–Kier alpha value is -2.23. The van der Waals surface area contributed by atoms with Crippen molar-refractivity contribution in [3.63, 3.8) is 0 Å². The van der Waals surface area contributed by atoms with Gasteiger partial charge >= 0.3 is 6.18 Å². The number of aliphatic hydroxyl groups is 1. The van der Waals surface area contributed by atoms with E-state index < -0.39 is 52.1 Å². The second kappa shape index (κ2) is 5.44. The monoisotopic (exact) mass is 343 g/mol. The van der Waals surface area contributed by atoms with Gasteiger partial charge < -0.3 is 5.11 Å². The molecule has 0 saturated heterocycles. The summed E-state index contributed by atoms with van der Waals surface area (Å²) >= 11 is 0. The molecule has 0 spiro atoms. The summed E-state index contributed by atoms with van der Waals surface area (Å²) in [6.07, 6.45) is -5.07. The first-order valence-electron chi connectivity index (χ1n) is 5.76. The maximum atomic E-state index is 13.7. The molecule has 0 saturated carbocycles. The Labute approximate surface area is 123 Å². The molecule has 0 radical (unpaired) electrons. The predicted octanol–water partition coefficient (Wildman–Crippen LogP) is 3.58. The topological polar surface area (TPSA) is 33.1 Å². The number of nitrogens with zero attached hydrogens (tertiary/aromatic N) is 1. The van der Waals surface area contributed by atoms with Crippen molar-refractivity contribution in [2.24, 2.45) is 0 Å². The summed E-state index contributed by atoms with van der Waals surface area (Å²) in [5.41, 5.74) is -8.33. The van der Waals surface area contributed by atoms with Gasteiger partial charge in [0.05, 0.1) is 11.3 Å². The third-order valence-corrected chi connectivity index (χ3v) is 3.02. The molecule has 0 aliphatic heterocycles. The lowest BCUT2D eigenvalue weighted by molar-refractivity contribution is -0.251. The highest BCUT2D eigenvalue weighted by molar-refractivity contribution is 5.38. The van der Waals surface area contributed by atoms with Crippen LogP contribution in [-0.2, 0) is 5.60 Å². The molecule has 23 heavy (non-hydrogen) atoms. The van der Waals surface area contributed by atoms with Crippen molar-refractivity contribution in [2.45, 2.75) is 11.8 Å². The van der Waals surface area contributed by atoms with Crippen LogP contribution in [0.15, 0.2) is 24.4 Å². The Kier molecular flexibility index (Phi) is 4.05. The van der Waals surface area contributed by atoms with E-state index in [0.717, 1.165) is 18.3 Å². The van der Waals surface area contributed by atoms with Crippen LogP contribution in [-0.4, -0.2) is 16.3 Å². The average Bonchev–Trinajstić information content (AvgIpc) is 2.50. The molecular weight excluding hydrogens is 338 g/mol. The Morgan fingerprint density at radius 1 is 0.783 bits per heavy atom. The van der Waals surface area contributed by atoms with Crippen LogP contribution in [0.4, 0.5) is 35.1 Å². The second-order valence-electron chi connectivity index (χ2n) is 4.37. The van der Waals surface area contributed by atoms with Gasteiger partial charge in [-0.3, -0.25) is 4.98 Å². The fourth-order valence-electron chi connectivity index (χ4n) is 1.91. The normalized spacial score (nSPS) is 14.7. The molecule has 2 aromatic rings. The van der Waals surface area contributed by atoms with E-state index in [0.29, 0.717) is 6.07 Å². The molecule has 2 rings (SSSR count). The molecule has 124 valence electrons. The summed E-state index contributed by atoms with van der Waals surface area (Å²) in [5.74, 6) is -13.5. The van der Waals surface area contributed by atoms with Crippen molar-refractivity contribution in [3.05, 3.63) is 64.7 Å². The van der Waals surface area contributed by atoms with Gasteiger partial charge in [-0.05, 0) is 12.1 Å². The molecule has 1 aromatic carbocycles. The zero-order valence-corrected chi connectivity index (χ0v) is 10.7. The summed E-state index contributed by atoms with van der Waals surface area (Å²) in [6, 6.07) is 2.59. The van der Waals surface area contributed by atoms with Crippen LogP contribution in [0, 0.1) is 29.1 Å². The number of pyridine rings is 1. The zero-order valence-electron chi connectivity index (χ0n) is 10.7. The highest BCUT2D eigenvalue weighted by Crippen LogP contribution is 2.46. The van der Waals surface area contributed by atoms with Gasteiger partial charge in [-0.15, -0.1) is 0 Å². The minimum atomic E-state index is -5.82. The van der Waals surface area contributed by atoms with Crippen LogP contribution >= 0.6 is 0 Å². The SMILES string of the molecule is OC(c1ccccn1)(c1c(F)c(F)c(F)c(F)c1F)C(F)(F)F. The van der Waals surface area contributed by atoms with Gasteiger partial charge in [-0.1, -0.05) is 6.07 Å². The number of alkyl halides is 3. The van der Waals surface area contributed by atoms with Crippen LogP contribution < -0.4 is 0 Å². The van der Waals surface area contributed by atoms with Crippen molar-refractivity contribution in [2.75, 3.05) is 0 Å². The van der Waals surface area contributed by atoms with Gasteiger partial charge in [0.25, 0.3) is 0 Å². The number of aromatic nitrogens is 1. The van der Waals surface area contributed by atoms with Crippen molar-refractivity contribution in [3.8, 4) is 0 Å². The van der Waals surface area contributed by atoms with E-state index >= 15 is 0 Å². The molecule has 0 aliphatic carbocycles. The van der Waals surface area contributed by atoms with Gasteiger partial charge in [-0.25, -0.2) is 22.0 Å². The lowest BCUT2D eigenvalue weighted by atomic mass is 9.87. The second-order valence-corrected chi connectivity index (χ2v) is 4.37. The molecule has 1 unspecified atom stereocenters. The van der Waals surface area contributed by atoms with Crippen molar-refractivity contribution in [1.82, 2.24) is 4.98 Å². The van der Waals surface area contributed by atoms with Gasteiger partial charge in [0.15, 0.2) is 23.3 Å². The molecule has 1 N–H and O–H groups in total. The zero-order chi connectivity index (χ0) is 17.6. The van der Waals surface area contributed by atoms with E-state index in [1.54, 1.807) is 0 Å². The minimum Gasteiger partial charge on any atom is -0.371 e. The molecule has 1 atom stereocenters. The third-order valence-electron chi connectivity index (χ3n) is 3.02. The molecule has 0 bridgehead atoms. The Balaban J connectivity index is 2.94. The summed E-state index contributed by atoms with van der Waals surface area (Å²) in [5, 5.41) is 9.87. The standard InChI is InChI=1S/C13H5F8NO/c14-7-6(8(15)10(17)11(18)9(7)16)12(23,13(19,20)21)5-3-1-2-4-22-5/h1-4,23H. The third kappa shape index (κ3) is 2.42. The lowest BCUT2D eigenvalue weighted by Gasteiger charge is -2.31. The van der Waals surface area contributed by atoms with Gasteiger partial charge in [0.2, 0.25) is 11.4 Å². The summed E-state index contributed by atoms with van der Waals surface area (Å²) in [6.45, 7) is 0. The number of halogens is 8. The molecule has 1 heterocycles. The summed E-state index contributed by atoms with van der Waals surface area (Å²) in [7, 11) is 0. The van der Waals surface area contributed by atoms with Gasteiger partial charge in [0.1, 0.15) is 0 Å². The van der Waals surface area contributed by atoms with Gasteiger partial charge in [0, 0.05) is 6.20 Å².